The number of nitrogens with zero attached hydrogens (tertiary/aromatic N) is 2. The van der Waals surface area contributed by atoms with Gasteiger partial charge in [0.1, 0.15) is 18.1 Å². The summed E-state index contributed by atoms with van der Waals surface area (Å²) in [7, 11) is 0. The number of imidazole rings is 1. The van der Waals surface area contributed by atoms with Crippen molar-refractivity contribution in [2.75, 3.05) is 0 Å². The first-order valence-electron chi connectivity index (χ1n) is 5.96. The topological polar surface area (TPSA) is 46.8 Å². The highest BCUT2D eigenvalue weighted by Crippen LogP contribution is 2.23. The van der Waals surface area contributed by atoms with E-state index in [1.54, 1.807) is 4.57 Å². The lowest BCUT2D eigenvalue weighted by atomic mass is 10.3. The van der Waals surface area contributed by atoms with Gasteiger partial charge in [-0.05, 0) is 32.1 Å². The zero-order chi connectivity index (χ0) is 14.4. The minimum atomic E-state index is -0.485. The van der Waals surface area contributed by atoms with Crippen LogP contribution in [0.5, 0.6) is 0 Å². The van der Waals surface area contributed by atoms with Gasteiger partial charge in [-0.25, -0.2) is 9.37 Å². The van der Waals surface area contributed by atoms with E-state index >= 15 is 0 Å². The van der Waals surface area contributed by atoms with E-state index in [1.165, 1.54) is 12.1 Å². The number of halogens is 2. The molecule has 3 aromatic rings. The van der Waals surface area contributed by atoms with Crippen molar-refractivity contribution in [1.29, 1.82) is 0 Å². The number of benzene rings is 1. The maximum absolute atomic E-state index is 13.6. The van der Waals surface area contributed by atoms with E-state index in [-0.39, 0.29) is 5.02 Å². The maximum Gasteiger partial charge on any atom is 0.214 e. The van der Waals surface area contributed by atoms with Crippen LogP contribution >= 0.6 is 23.8 Å². The molecular formula is C13H11ClFN3OS. The summed E-state index contributed by atoms with van der Waals surface area (Å²) in [6.45, 7) is 4.06. The monoisotopic (exact) mass is 311 g/mol. The summed E-state index contributed by atoms with van der Waals surface area (Å²) >= 11 is 11.0. The smallest absolute Gasteiger partial charge is 0.214 e. The molecule has 7 heteroatoms. The first kappa shape index (κ1) is 13.3. The molecule has 20 heavy (non-hydrogen) atoms. The molecule has 4 nitrogen and oxygen atoms in total. The largest absolute Gasteiger partial charge is 0.444 e. The summed E-state index contributed by atoms with van der Waals surface area (Å²) in [6, 6.07) is 2.87. The van der Waals surface area contributed by atoms with Gasteiger partial charge in [0.25, 0.3) is 0 Å². The average molecular weight is 312 g/mol. The van der Waals surface area contributed by atoms with Crippen LogP contribution in [0.25, 0.3) is 11.0 Å². The van der Waals surface area contributed by atoms with E-state index in [4.69, 9.17) is 28.2 Å². The third-order valence-electron chi connectivity index (χ3n) is 3.18. The standard InChI is InChI=1S/C13H11ClFN3OS/c1-6-7(2)19-12(16-6)5-18-11-4-9(15)8(14)3-10(11)17-13(18)20/h3-4H,5H2,1-2H3,(H,17,20). The Labute approximate surface area is 124 Å². The Balaban J connectivity index is 2.13. The SMILES string of the molecule is Cc1nc(Cn2c(=S)[nH]c3cc(Cl)c(F)cc32)oc1C. The highest BCUT2D eigenvalue weighted by Gasteiger charge is 2.12. The lowest BCUT2D eigenvalue weighted by Crippen LogP contribution is -2.00. The van der Waals surface area contributed by atoms with Gasteiger partial charge in [0.15, 0.2) is 4.77 Å². The van der Waals surface area contributed by atoms with E-state index < -0.39 is 5.82 Å². The van der Waals surface area contributed by atoms with Crippen LogP contribution in [0.1, 0.15) is 17.3 Å². The minimum absolute atomic E-state index is 0.0590. The molecule has 104 valence electrons. The molecule has 2 aromatic heterocycles. The zero-order valence-electron chi connectivity index (χ0n) is 10.8. The van der Waals surface area contributed by atoms with Crippen molar-refractivity contribution < 1.29 is 8.81 Å². The van der Waals surface area contributed by atoms with Crippen LogP contribution in [0.15, 0.2) is 16.5 Å². The molecule has 0 bridgehead atoms. The molecule has 0 aliphatic carbocycles. The second kappa shape index (κ2) is 4.71. The normalized spacial score (nSPS) is 11.4. The number of fused-ring (bicyclic) bond motifs is 1. The molecule has 2 heterocycles. The van der Waals surface area contributed by atoms with Gasteiger partial charge in [0, 0.05) is 6.07 Å². The average Bonchev–Trinajstić information content (AvgIpc) is 2.83. The van der Waals surface area contributed by atoms with E-state index in [0.29, 0.717) is 28.2 Å². The summed E-state index contributed by atoms with van der Waals surface area (Å²) in [5.41, 5.74) is 2.15. The Morgan fingerprint density at radius 2 is 2.20 bits per heavy atom. The number of aryl methyl sites for hydroxylation is 2. The van der Waals surface area contributed by atoms with Gasteiger partial charge in [-0.15, -0.1) is 0 Å². The van der Waals surface area contributed by atoms with Crippen molar-refractivity contribution in [3.8, 4) is 0 Å². The third-order valence-corrected chi connectivity index (χ3v) is 3.79. The van der Waals surface area contributed by atoms with Crippen LogP contribution in [0, 0.1) is 24.4 Å². The molecule has 0 radical (unpaired) electrons. The van der Waals surface area contributed by atoms with Crippen LogP contribution in [-0.2, 0) is 6.54 Å². The molecule has 1 aromatic carbocycles. The third kappa shape index (κ3) is 2.14. The van der Waals surface area contributed by atoms with Gasteiger partial charge >= 0.3 is 0 Å². The summed E-state index contributed by atoms with van der Waals surface area (Å²) in [5.74, 6) is 0.814. The van der Waals surface area contributed by atoms with Crippen LogP contribution in [-0.4, -0.2) is 14.5 Å². The highest BCUT2D eigenvalue weighted by molar-refractivity contribution is 7.71. The van der Waals surface area contributed by atoms with Gasteiger partial charge in [-0.2, -0.15) is 0 Å². The number of H-pyrrole nitrogens is 1. The predicted molar refractivity (Wildman–Crippen MR) is 77.2 cm³/mol. The highest BCUT2D eigenvalue weighted by atomic mass is 35.5. The first-order valence-corrected chi connectivity index (χ1v) is 6.75. The summed E-state index contributed by atoms with van der Waals surface area (Å²) in [4.78, 5) is 7.30. The molecule has 1 N–H and O–H groups in total. The molecule has 0 aliphatic rings. The van der Waals surface area contributed by atoms with Crippen molar-refractivity contribution in [2.45, 2.75) is 20.4 Å². The quantitative estimate of drug-likeness (QED) is 0.723. The van der Waals surface area contributed by atoms with Crippen LogP contribution in [0.4, 0.5) is 4.39 Å². The first-order chi connectivity index (χ1) is 9.45. The Hall–Kier alpha value is -1.66. The molecule has 0 amide bonds. The minimum Gasteiger partial charge on any atom is -0.444 e. The fourth-order valence-electron chi connectivity index (χ4n) is 2.05. The van der Waals surface area contributed by atoms with Crippen molar-refractivity contribution in [1.82, 2.24) is 14.5 Å². The van der Waals surface area contributed by atoms with Crippen molar-refractivity contribution >= 4 is 34.9 Å². The van der Waals surface area contributed by atoms with Crippen LogP contribution in [0.2, 0.25) is 5.02 Å². The lowest BCUT2D eigenvalue weighted by molar-refractivity contribution is 0.458. The molecule has 0 fully saturated rings. The Morgan fingerprint density at radius 3 is 2.85 bits per heavy atom. The van der Waals surface area contributed by atoms with E-state index in [9.17, 15) is 4.39 Å². The zero-order valence-corrected chi connectivity index (χ0v) is 12.4. The summed E-state index contributed by atoms with van der Waals surface area (Å²) in [5, 5.41) is 0.0590. The summed E-state index contributed by atoms with van der Waals surface area (Å²) in [6.07, 6.45) is 0. The van der Waals surface area contributed by atoms with Crippen molar-refractivity contribution in [2.24, 2.45) is 0 Å². The number of aromatic amines is 1. The molecule has 0 atom stereocenters. The summed E-state index contributed by atoms with van der Waals surface area (Å²) < 4.78 is 21.3. The number of hydrogen-bond acceptors (Lipinski definition) is 3. The number of rotatable bonds is 2. The molecule has 0 unspecified atom stereocenters. The molecule has 0 aliphatic heterocycles. The van der Waals surface area contributed by atoms with Crippen LogP contribution < -0.4 is 0 Å². The number of hydrogen-bond donors (Lipinski definition) is 1. The van der Waals surface area contributed by atoms with Gasteiger partial charge in [-0.1, -0.05) is 11.6 Å². The maximum atomic E-state index is 13.6. The second-order valence-electron chi connectivity index (χ2n) is 4.55. The molecule has 3 rings (SSSR count). The van der Waals surface area contributed by atoms with Crippen molar-refractivity contribution in [3.05, 3.63) is 45.1 Å². The Morgan fingerprint density at radius 1 is 1.45 bits per heavy atom. The molecular weight excluding hydrogens is 301 g/mol. The van der Waals surface area contributed by atoms with Crippen molar-refractivity contribution in [3.63, 3.8) is 0 Å². The lowest BCUT2D eigenvalue weighted by Gasteiger charge is -2.01. The van der Waals surface area contributed by atoms with Gasteiger partial charge < -0.3 is 14.0 Å². The van der Waals surface area contributed by atoms with Crippen LogP contribution in [0.3, 0.4) is 0 Å². The Bertz CT molecular complexity index is 845. The van der Waals surface area contributed by atoms with E-state index in [1.807, 2.05) is 13.8 Å². The fourth-order valence-corrected chi connectivity index (χ4v) is 2.49. The van der Waals surface area contributed by atoms with Gasteiger partial charge in [-0.3, -0.25) is 0 Å². The number of nitrogens with one attached hydrogen (secondary N) is 1. The Kier molecular flexibility index (Phi) is 3.14. The van der Waals surface area contributed by atoms with E-state index in [0.717, 1.165) is 11.5 Å². The fraction of sp³-hybridized carbons (Fsp3) is 0.231. The number of aromatic nitrogens is 3. The number of oxazole rings is 1. The van der Waals surface area contributed by atoms with E-state index in [2.05, 4.69) is 9.97 Å². The molecule has 0 saturated carbocycles. The van der Waals surface area contributed by atoms with Gasteiger partial charge in [0.2, 0.25) is 5.89 Å². The molecule has 0 saturated heterocycles. The molecule has 0 spiro atoms. The second-order valence-corrected chi connectivity index (χ2v) is 5.34. The predicted octanol–water partition coefficient (Wildman–Crippen LogP) is 4.14. The van der Waals surface area contributed by atoms with Gasteiger partial charge in [0.05, 0.1) is 21.7 Å².